The average molecular weight is 612 g/mol. The van der Waals surface area contributed by atoms with Gasteiger partial charge in [0.1, 0.15) is 0 Å². The van der Waals surface area contributed by atoms with Crippen LogP contribution in [0.3, 0.4) is 0 Å². The molecular formula is C41H45N3S. The molecule has 0 amide bonds. The molecule has 0 saturated heterocycles. The maximum atomic E-state index is 9.30. The molecule has 0 saturated carbocycles. The topological polar surface area (TPSA) is 31.4 Å². The zero-order valence-electron chi connectivity index (χ0n) is 27.3. The SMILES string of the molecule is [C-]#[N+]/C(C#N)=C\c1cc2c(s1)-c1ccc(N(c3ccccc3)c3cc(CCCCCC)cc(CCCCCC)c3)cc1C2(C)C. The van der Waals surface area contributed by atoms with Gasteiger partial charge < -0.3 is 4.90 Å². The first kappa shape index (κ1) is 32.3. The number of nitrogens with zero attached hydrogens (tertiary/aromatic N) is 3. The van der Waals surface area contributed by atoms with Gasteiger partial charge in [0.05, 0.1) is 12.6 Å². The third-order valence-corrected chi connectivity index (χ3v) is 10.2. The van der Waals surface area contributed by atoms with Crippen molar-refractivity contribution in [2.75, 3.05) is 4.90 Å². The molecule has 0 unspecified atom stereocenters. The summed E-state index contributed by atoms with van der Waals surface area (Å²) in [4.78, 5) is 8.01. The third-order valence-electron chi connectivity index (χ3n) is 9.07. The number of para-hydroxylation sites is 1. The van der Waals surface area contributed by atoms with Crippen molar-refractivity contribution in [3.8, 4) is 16.5 Å². The lowest BCUT2D eigenvalue weighted by atomic mass is 9.82. The van der Waals surface area contributed by atoms with E-state index in [2.05, 4.69) is 110 Å². The zero-order chi connectivity index (χ0) is 31.8. The number of benzene rings is 3. The van der Waals surface area contributed by atoms with Gasteiger partial charge in [-0.15, -0.1) is 11.3 Å². The lowest BCUT2D eigenvalue weighted by Gasteiger charge is -2.29. The lowest BCUT2D eigenvalue weighted by molar-refractivity contribution is 0.661. The van der Waals surface area contributed by atoms with Crippen LogP contribution in [0.2, 0.25) is 0 Å². The summed E-state index contributed by atoms with van der Waals surface area (Å²) in [5, 5.41) is 9.30. The van der Waals surface area contributed by atoms with Crippen LogP contribution in [0.4, 0.5) is 17.1 Å². The van der Waals surface area contributed by atoms with Crippen molar-refractivity contribution in [3.63, 3.8) is 0 Å². The quantitative estimate of drug-likeness (QED) is 0.0807. The molecule has 3 aromatic carbocycles. The van der Waals surface area contributed by atoms with Crippen molar-refractivity contribution >= 4 is 34.5 Å². The summed E-state index contributed by atoms with van der Waals surface area (Å²) in [5.41, 5.74) is 10.2. The Morgan fingerprint density at radius 1 is 0.800 bits per heavy atom. The van der Waals surface area contributed by atoms with E-state index in [1.165, 1.54) is 101 Å². The van der Waals surface area contributed by atoms with E-state index in [0.717, 1.165) is 17.7 Å². The largest absolute Gasteiger partial charge is 0.310 e. The van der Waals surface area contributed by atoms with Crippen molar-refractivity contribution in [1.29, 1.82) is 5.26 Å². The molecular weight excluding hydrogens is 567 g/mol. The molecule has 4 heteroatoms. The van der Waals surface area contributed by atoms with Gasteiger partial charge >= 0.3 is 0 Å². The fraction of sp³-hybridized carbons (Fsp3) is 0.366. The third kappa shape index (κ3) is 7.24. The smallest absolute Gasteiger partial charge is 0.263 e. The number of aryl methyl sites for hydroxylation is 2. The second kappa shape index (κ2) is 14.8. The minimum Gasteiger partial charge on any atom is -0.310 e. The Hall–Kier alpha value is -4.12. The number of fused-ring (bicyclic) bond motifs is 3. The molecule has 1 heterocycles. The number of thiophene rings is 1. The Bertz CT molecular complexity index is 1680. The Labute approximate surface area is 274 Å². The van der Waals surface area contributed by atoms with Crippen LogP contribution in [0.5, 0.6) is 0 Å². The van der Waals surface area contributed by atoms with E-state index < -0.39 is 0 Å². The van der Waals surface area contributed by atoms with Crippen molar-refractivity contribution in [2.24, 2.45) is 0 Å². The van der Waals surface area contributed by atoms with Crippen LogP contribution in [0.1, 0.15) is 106 Å². The fourth-order valence-corrected chi connectivity index (χ4v) is 7.89. The first-order chi connectivity index (χ1) is 21.9. The number of anilines is 3. The first-order valence-corrected chi connectivity index (χ1v) is 17.5. The number of rotatable bonds is 14. The summed E-state index contributed by atoms with van der Waals surface area (Å²) in [5.74, 6) is 0. The summed E-state index contributed by atoms with van der Waals surface area (Å²) >= 11 is 1.67. The number of unbranched alkanes of at least 4 members (excludes halogenated alkanes) is 6. The molecule has 0 radical (unpaired) electrons. The van der Waals surface area contributed by atoms with E-state index in [1.807, 2.05) is 6.07 Å². The van der Waals surface area contributed by atoms with Crippen molar-refractivity contribution in [3.05, 3.63) is 117 Å². The molecule has 1 aliphatic carbocycles. The molecule has 4 aromatic rings. The van der Waals surface area contributed by atoms with E-state index in [-0.39, 0.29) is 11.1 Å². The van der Waals surface area contributed by atoms with Crippen LogP contribution >= 0.6 is 11.3 Å². The molecule has 45 heavy (non-hydrogen) atoms. The summed E-state index contributed by atoms with van der Waals surface area (Å²) < 4.78 is 0. The van der Waals surface area contributed by atoms with Gasteiger partial charge in [-0.1, -0.05) is 96.6 Å². The summed E-state index contributed by atoms with van der Waals surface area (Å²) in [6.07, 6.45) is 14.1. The minimum absolute atomic E-state index is 0.124. The molecule has 5 rings (SSSR count). The molecule has 0 aliphatic heterocycles. The molecule has 1 aromatic heterocycles. The Morgan fingerprint density at radius 2 is 1.47 bits per heavy atom. The second-order valence-corrected chi connectivity index (χ2v) is 13.9. The van der Waals surface area contributed by atoms with Gasteiger partial charge in [0.25, 0.3) is 5.70 Å². The normalized spacial score (nSPS) is 13.2. The van der Waals surface area contributed by atoms with E-state index >= 15 is 0 Å². The average Bonchev–Trinajstić information content (AvgIpc) is 3.57. The minimum atomic E-state index is -0.192. The van der Waals surface area contributed by atoms with Crippen molar-refractivity contribution in [1.82, 2.24) is 0 Å². The Balaban J connectivity index is 1.57. The molecule has 0 bridgehead atoms. The number of nitriles is 1. The van der Waals surface area contributed by atoms with Gasteiger partial charge in [0, 0.05) is 32.2 Å². The number of hydrogen-bond donors (Lipinski definition) is 0. The highest BCUT2D eigenvalue weighted by Crippen LogP contribution is 2.54. The molecule has 230 valence electrons. The molecule has 0 fully saturated rings. The molecule has 1 aliphatic rings. The van der Waals surface area contributed by atoms with Gasteiger partial charge in [0.15, 0.2) is 0 Å². The summed E-state index contributed by atoms with van der Waals surface area (Å²) in [7, 11) is 0. The van der Waals surface area contributed by atoms with Gasteiger partial charge in [-0.2, -0.15) is 0 Å². The maximum Gasteiger partial charge on any atom is 0.263 e. The zero-order valence-corrected chi connectivity index (χ0v) is 28.1. The fourth-order valence-electron chi connectivity index (χ4n) is 6.60. The highest BCUT2D eigenvalue weighted by atomic mass is 32.1. The van der Waals surface area contributed by atoms with Crippen molar-refractivity contribution < 1.29 is 0 Å². The van der Waals surface area contributed by atoms with Crippen LogP contribution in [0.25, 0.3) is 21.4 Å². The van der Waals surface area contributed by atoms with E-state index in [4.69, 9.17) is 6.57 Å². The van der Waals surface area contributed by atoms with Gasteiger partial charge in [-0.25, -0.2) is 10.1 Å². The first-order valence-electron chi connectivity index (χ1n) is 16.7. The standard InChI is InChI=1S/C41H45N3S/c1-6-8-10-13-17-30-23-31(18-14-11-9-7-2)25-35(24-30)44(33-19-15-12-16-20-33)34-21-22-37-38(27-34)41(3,4)39-28-36(45-40(37)39)26-32(29-42)43-5/h12,15-16,19-28H,6-11,13-14,17-18H2,1-4H3/b32-26-. The molecule has 3 nitrogen and oxygen atoms in total. The van der Waals surface area contributed by atoms with E-state index in [1.54, 1.807) is 17.4 Å². The molecule has 0 atom stereocenters. The predicted molar refractivity (Wildman–Crippen MR) is 192 cm³/mol. The summed E-state index contributed by atoms with van der Waals surface area (Å²) in [6, 6.07) is 29.2. The summed E-state index contributed by atoms with van der Waals surface area (Å²) in [6.45, 7) is 16.4. The molecule has 0 N–H and O–H groups in total. The number of hydrogen-bond acceptors (Lipinski definition) is 3. The maximum absolute atomic E-state index is 9.30. The monoisotopic (exact) mass is 611 g/mol. The Morgan fingerprint density at radius 3 is 2.07 bits per heavy atom. The van der Waals surface area contributed by atoms with Crippen LogP contribution in [0, 0.1) is 17.9 Å². The van der Waals surface area contributed by atoms with Crippen LogP contribution < -0.4 is 4.90 Å². The molecule has 0 spiro atoms. The predicted octanol–water partition coefficient (Wildman–Crippen LogP) is 12.6. The van der Waals surface area contributed by atoms with Crippen LogP contribution in [-0.2, 0) is 18.3 Å². The van der Waals surface area contributed by atoms with Gasteiger partial charge in [0.2, 0.25) is 0 Å². The van der Waals surface area contributed by atoms with Crippen LogP contribution in [0.15, 0.2) is 78.5 Å². The van der Waals surface area contributed by atoms with Crippen LogP contribution in [-0.4, -0.2) is 0 Å². The Kier molecular flexibility index (Phi) is 10.6. The van der Waals surface area contributed by atoms with E-state index in [9.17, 15) is 5.26 Å². The second-order valence-electron chi connectivity index (χ2n) is 12.8. The lowest BCUT2D eigenvalue weighted by Crippen LogP contribution is -2.16. The van der Waals surface area contributed by atoms with E-state index in [0.29, 0.717) is 0 Å². The number of allylic oxidation sites excluding steroid dienone is 1. The highest BCUT2D eigenvalue weighted by molar-refractivity contribution is 7.16. The highest BCUT2D eigenvalue weighted by Gasteiger charge is 2.38. The van der Waals surface area contributed by atoms with Crippen molar-refractivity contribution in [2.45, 2.75) is 97.3 Å². The van der Waals surface area contributed by atoms with Gasteiger partial charge in [-0.3, -0.25) is 0 Å². The van der Waals surface area contributed by atoms with Gasteiger partial charge in [-0.05, 0) is 102 Å².